The Morgan fingerprint density at radius 3 is 2.83 bits per heavy atom. The number of carbonyl (C=O) groups is 2. The molecule has 1 heterocycles. The summed E-state index contributed by atoms with van der Waals surface area (Å²) in [6, 6.07) is 7.47. The molecule has 0 bridgehead atoms. The van der Waals surface area contributed by atoms with Gasteiger partial charge in [0, 0.05) is 4.88 Å². The van der Waals surface area contributed by atoms with Gasteiger partial charge >= 0.3 is 5.97 Å². The number of thiophene rings is 1. The quantitative estimate of drug-likeness (QED) is 0.795. The maximum absolute atomic E-state index is 13.0. The van der Waals surface area contributed by atoms with E-state index in [0.717, 1.165) is 10.9 Å². The summed E-state index contributed by atoms with van der Waals surface area (Å²) in [5.41, 5.74) is 0.263. The van der Waals surface area contributed by atoms with E-state index in [0.29, 0.717) is 6.42 Å². The Labute approximate surface area is 142 Å². The van der Waals surface area contributed by atoms with E-state index in [4.69, 9.17) is 16.3 Å². The molecule has 1 amide bonds. The van der Waals surface area contributed by atoms with Crippen molar-refractivity contribution in [3.63, 3.8) is 0 Å². The molecule has 0 unspecified atom stereocenters. The fourth-order valence-electron chi connectivity index (χ4n) is 1.81. The van der Waals surface area contributed by atoms with Crippen LogP contribution in [0.2, 0.25) is 5.02 Å². The number of anilines is 1. The third kappa shape index (κ3) is 5.33. The van der Waals surface area contributed by atoms with Crippen LogP contribution in [0.3, 0.4) is 0 Å². The second-order valence-electron chi connectivity index (χ2n) is 4.82. The molecule has 0 radical (unpaired) electrons. The first kappa shape index (κ1) is 17.4. The average molecular weight is 356 g/mol. The number of nitrogens with one attached hydrogen (secondary N) is 1. The number of hydrogen-bond acceptors (Lipinski definition) is 4. The number of halogens is 2. The number of esters is 1. The predicted molar refractivity (Wildman–Crippen MR) is 88.2 cm³/mol. The van der Waals surface area contributed by atoms with E-state index in [9.17, 15) is 14.0 Å². The van der Waals surface area contributed by atoms with Gasteiger partial charge in [-0.1, -0.05) is 17.7 Å². The summed E-state index contributed by atoms with van der Waals surface area (Å²) in [7, 11) is 0. The van der Waals surface area contributed by atoms with E-state index in [-0.39, 0.29) is 17.1 Å². The molecule has 0 fully saturated rings. The highest BCUT2D eigenvalue weighted by molar-refractivity contribution is 7.09. The largest absolute Gasteiger partial charge is 0.453 e. The Kier molecular flexibility index (Phi) is 6.12. The summed E-state index contributed by atoms with van der Waals surface area (Å²) >= 11 is 7.39. The van der Waals surface area contributed by atoms with E-state index in [1.165, 1.54) is 19.1 Å². The zero-order chi connectivity index (χ0) is 16.8. The van der Waals surface area contributed by atoms with Gasteiger partial charge in [-0.15, -0.1) is 11.3 Å². The van der Waals surface area contributed by atoms with Gasteiger partial charge in [0.2, 0.25) is 0 Å². The SMILES string of the molecule is C[C@H](OC(=O)CCc1cccs1)C(=O)Nc1ccc(F)cc1Cl. The lowest BCUT2D eigenvalue weighted by Crippen LogP contribution is -2.30. The smallest absolute Gasteiger partial charge is 0.306 e. The average Bonchev–Trinajstić information content (AvgIpc) is 3.01. The van der Waals surface area contributed by atoms with E-state index >= 15 is 0 Å². The van der Waals surface area contributed by atoms with Gasteiger partial charge < -0.3 is 10.1 Å². The van der Waals surface area contributed by atoms with Crippen LogP contribution in [0, 0.1) is 5.82 Å². The zero-order valence-corrected chi connectivity index (χ0v) is 13.9. The number of ether oxygens (including phenoxy) is 1. The Morgan fingerprint density at radius 2 is 2.17 bits per heavy atom. The fourth-order valence-corrected chi connectivity index (χ4v) is 2.74. The summed E-state index contributed by atoms with van der Waals surface area (Å²) in [5, 5.41) is 4.51. The first-order chi connectivity index (χ1) is 11.0. The van der Waals surface area contributed by atoms with Crippen molar-refractivity contribution >= 4 is 40.5 Å². The van der Waals surface area contributed by atoms with Gasteiger partial charge in [-0.05, 0) is 43.0 Å². The highest BCUT2D eigenvalue weighted by Gasteiger charge is 2.19. The van der Waals surface area contributed by atoms with Gasteiger partial charge in [-0.3, -0.25) is 9.59 Å². The van der Waals surface area contributed by atoms with Crippen LogP contribution >= 0.6 is 22.9 Å². The fraction of sp³-hybridized carbons (Fsp3) is 0.250. The molecule has 4 nitrogen and oxygen atoms in total. The van der Waals surface area contributed by atoms with Gasteiger partial charge in [-0.2, -0.15) is 0 Å². The zero-order valence-electron chi connectivity index (χ0n) is 12.3. The molecule has 0 saturated heterocycles. The lowest BCUT2D eigenvalue weighted by molar-refractivity contribution is -0.153. The number of aryl methyl sites for hydroxylation is 1. The number of hydrogen-bond donors (Lipinski definition) is 1. The molecule has 0 aliphatic heterocycles. The van der Waals surface area contributed by atoms with E-state index in [2.05, 4.69) is 5.32 Å². The van der Waals surface area contributed by atoms with Crippen LogP contribution in [-0.4, -0.2) is 18.0 Å². The van der Waals surface area contributed by atoms with Crippen LogP contribution in [-0.2, 0) is 20.7 Å². The molecular weight excluding hydrogens is 341 g/mol. The summed E-state index contributed by atoms with van der Waals surface area (Å²) in [6.45, 7) is 1.47. The molecule has 0 spiro atoms. The molecule has 0 saturated carbocycles. The predicted octanol–water partition coefficient (Wildman–Crippen LogP) is 4.04. The minimum Gasteiger partial charge on any atom is -0.453 e. The summed E-state index contributed by atoms with van der Waals surface area (Å²) in [5.74, 6) is -1.48. The van der Waals surface area contributed by atoms with E-state index in [1.807, 2.05) is 17.5 Å². The maximum atomic E-state index is 13.0. The van der Waals surface area contributed by atoms with Gasteiger partial charge in [0.05, 0.1) is 17.1 Å². The summed E-state index contributed by atoms with van der Waals surface area (Å²) in [6.07, 6.45) is -0.184. The third-order valence-electron chi connectivity index (χ3n) is 3.02. The van der Waals surface area contributed by atoms with E-state index in [1.54, 1.807) is 11.3 Å². The van der Waals surface area contributed by atoms with Crippen molar-refractivity contribution in [1.82, 2.24) is 0 Å². The number of rotatable bonds is 6. The highest BCUT2D eigenvalue weighted by Crippen LogP contribution is 2.22. The highest BCUT2D eigenvalue weighted by atomic mass is 35.5. The summed E-state index contributed by atoms with van der Waals surface area (Å²) in [4.78, 5) is 24.8. The Morgan fingerprint density at radius 1 is 1.39 bits per heavy atom. The summed E-state index contributed by atoms with van der Waals surface area (Å²) < 4.78 is 18.0. The van der Waals surface area contributed by atoms with Crippen molar-refractivity contribution in [2.75, 3.05) is 5.32 Å². The molecule has 122 valence electrons. The normalized spacial score (nSPS) is 11.8. The molecule has 23 heavy (non-hydrogen) atoms. The molecule has 2 rings (SSSR count). The Hall–Kier alpha value is -1.92. The Balaban J connectivity index is 1.83. The number of benzene rings is 1. The first-order valence-electron chi connectivity index (χ1n) is 6.93. The second-order valence-corrected chi connectivity index (χ2v) is 6.26. The molecule has 7 heteroatoms. The second kappa shape index (κ2) is 8.08. The molecule has 1 N–H and O–H groups in total. The van der Waals surface area contributed by atoms with Crippen molar-refractivity contribution in [2.24, 2.45) is 0 Å². The van der Waals surface area contributed by atoms with Crippen LogP contribution in [0.25, 0.3) is 0 Å². The topological polar surface area (TPSA) is 55.4 Å². The van der Waals surface area contributed by atoms with Gasteiger partial charge in [0.1, 0.15) is 5.82 Å². The molecule has 2 aromatic rings. The minimum absolute atomic E-state index is 0.0783. The van der Waals surface area contributed by atoms with Crippen molar-refractivity contribution in [3.8, 4) is 0 Å². The van der Waals surface area contributed by atoms with Crippen LogP contribution in [0.5, 0.6) is 0 Å². The number of carbonyl (C=O) groups excluding carboxylic acids is 2. The van der Waals surface area contributed by atoms with Crippen molar-refractivity contribution in [3.05, 3.63) is 51.4 Å². The lowest BCUT2D eigenvalue weighted by Gasteiger charge is -2.14. The monoisotopic (exact) mass is 355 g/mol. The van der Waals surface area contributed by atoms with Crippen molar-refractivity contribution < 1.29 is 18.7 Å². The van der Waals surface area contributed by atoms with Crippen LogP contribution in [0.15, 0.2) is 35.7 Å². The van der Waals surface area contributed by atoms with Crippen LogP contribution in [0.4, 0.5) is 10.1 Å². The maximum Gasteiger partial charge on any atom is 0.306 e. The van der Waals surface area contributed by atoms with Gasteiger partial charge in [0.15, 0.2) is 6.10 Å². The minimum atomic E-state index is -0.966. The van der Waals surface area contributed by atoms with Gasteiger partial charge in [-0.25, -0.2) is 4.39 Å². The molecule has 0 aliphatic rings. The number of amides is 1. The molecule has 1 aromatic carbocycles. The van der Waals surface area contributed by atoms with Crippen molar-refractivity contribution in [1.29, 1.82) is 0 Å². The van der Waals surface area contributed by atoms with Gasteiger partial charge in [0.25, 0.3) is 5.91 Å². The third-order valence-corrected chi connectivity index (χ3v) is 4.27. The van der Waals surface area contributed by atoms with Crippen LogP contribution in [0.1, 0.15) is 18.2 Å². The molecule has 0 aliphatic carbocycles. The molecule has 1 aromatic heterocycles. The Bertz CT molecular complexity index is 691. The lowest BCUT2D eigenvalue weighted by atomic mass is 10.2. The first-order valence-corrected chi connectivity index (χ1v) is 8.19. The standard InChI is InChI=1S/C16H15ClFNO3S/c1-10(22-15(20)7-5-12-3-2-8-23-12)16(21)19-14-6-4-11(18)9-13(14)17/h2-4,6,8-10H,5,7H2,1H3,(H,19,21)/t10-/m0/s1. The van der Waals surface area contributed by atoms with Crippen molar-refractivity contribution in [2.45, 2.75) is 25.9 Å². The van der Waals surface area contributed by atoms with E-state index < -0.39 is 23.8 Å². The molecule has 1 atom stereocenters. The molecular formula is C16H15ClFNO3S. The van der Waals surface area contributed by atoms with Crippen LogP contribution < -0.4 is 5.32 Å².